The minimum Gasteiger partial charge on any atom is -0.268 e. The zero-order valence-electron chi connectivity index (χ0n) is 13.1. The van der Waals surface area contributed by atoms with Gasteiger partial charge in [0.1, 0.15) is 0 Å². The zero-order valence-corrected chi connectivity index (χ0v) is 14.6. The zero-order chi connectivity index (χ0) is 17.6. The van der Waals surface area contributed by atoms with Crippen molar-refractivity contribution >= 4 is 35.3 Å². The number of nitrogens with zero attached hydrogens (tertiary/aromatic N) is 3. The van der Waals surface area contributed by atoms with Crippen LogP contribution in [0.25, 0.3) is 0 Å². The van der Waals surface area contributed by atoms with E-state index in [1.165, 1.54) is 6.21 Å². The fourth-order valence-electron chi connectivity index (χ4n) is 2.21. The van der Waals surface area contributed by atoms with E-state index < -0.39 is 0 Å². The van der Waals surface area contributed by atoms with E-state index >= 15 is 0 Å². The number of amides is 1. The summed E-state index contributed by atoms with van der Waals surface area (Å²) in [6.07, 6.45) is 5.09. The molecular weight excluding hydrogens is 359 g/mol. The summed E-state index contributed by atoms with van der Waals surface area (Å²) >= 11 is 11.8. The van der Waals surface area contributed by atoms with E-state index in [-0.39, 0.29) is 5.91 Å². The molecule has 0 unspecified atom stereocenters. The standard InChI is InChI=1S/C18H14Cl2N4O/c19-16-6-5-13(10-17(16)20)11-21-23-18(25)15-4-1-3-14(9-15)12-24-8-2-7-22-24/h1-11H,12H2,(H,23,25)/b21-11+. The van der Waals surface area contributed by atoms with Crippen LogP contribution in [0.15, 0.2) is 66.0 Å². The Morgan fingerprint density at radius 3 is 2.80 bits per heavy atom. The Morgan fingerprint density at radius 1 is 1.16 bits per heavy atom. The molecule has 1 N–H and O–H groups in total. The van der Waals surface area contributed by atoms with Crippen LogP contribution < -0.4 is 5.43 Å². The normalized spacial score (nSPS) is 11.0. The molecule has 1 aromatic heterocycles. The molecule has 0 fully saturated rings. The molecule has 1 amide bonds. The van der Waals surface area contributed by atoms with Gasteiger partial charge in [0.2, 0.25) is 0 Å². The van der Waals surface area contributed by atoms with Gasteiger partial charge in [-0.2, -0.15) is 10.2 Å². The van der Waals surface area contributed by atoms with Crippen molar-refractivity contribution in [3.63, 3.8) is 0 Å². The van der Waals surface area contributed by atoms with Crippen molar-refractivity contribution in [3.05, 3.63) is 87.7 Å². The van der Waals surface area contributed by atoms with E-state index in [9.17, 15) is 4.79 Å². The van der Waals surface area contributed by atoms with Crippen LogP contribution in [0.5, 0.6) is 0 Å². The number of nitrogens with one attached hydrogen (secondary N) is 1. The van der Waals surface area contributed by atoms with Crippen molar-refractivity contribution in [2.75, 3.05) is 0 Å². The van der Waals surface area contributed by atoms with Crippen molar-refractivity contribution in [3.8, 4) is 0 Å². The first kappa shape index (κ1) is 17.2. The van der Waals surface area contributed by atoms with Gasteiger partial charge in [0.15, 0.2) is 0 Å². The van der Waals surface area contributed by atoms with Crippen molar-refractivity contribution in [2.24, 2.45) is 5.10 Å². The van der Waals surface area contributed by atoms with Crippen LogP contribution >= 0.6 is 23.2 Å². The van der Waals surface area contributed by atoms with Gasteiger partial charge in [-0.25, -0.2) is 5.43 Å². The van der Waals surface area contributed by atoms with Gasteiger partial charge in [0.05, 0.1) is 22.8 Å². The van der Waals surface area contributed by atoms with Crippen LogP contribution in [-0.4, -0.2) is 21.9 Å². The molecule has 3 rings (SSSR count). The Labute approximate surface area is 154 Å². The van der Waals surface area contributed by atoms with E-state index in [2.05, 4.69) is 15.6 Å². The molecule has 0 aliphatic heterocycles. The van der Waals surface area contributed by atoms with Gasteiger partial charge < -0.3 is 0 Å². The summed E-state index contributed by atoms with van der Waals surface area (Å²) in [5.41, 5.74) is 4.74. The number of halogens is 2. The molecule has 5 nitrogen and oxygen atoms in total. The predicted octanol–water partition coefficient (Wildman–Crippen LogP) is 4.00. The van der Waals surface area contributed by atoms with E-state index in [4.69, 9.17) is 23.2 Å². The number of rotatable bonds is 5. The molecule has 1 heterocycles. The molecule has 0 saturated carbocycles. The Bertz CT molecular complexity index is 907. The number of hydrazone groups is 1. The maximum atomic E-state index is 12.2. The molecule has 0 saturated heterocycles. The third-order valence-electron chi connectivity index (χ3n) is 3.42. The van der Waals surface area contributed by atoms with Gasteiger partial charge in [-0.05, 0) is 41.5 Å². The second-order valence-electron chi connectivity index (χ2n) is 5.28. The van der Waals surface area contributed by atoms with Crippen molar-refractivity contribution in [1.82, 2.24) is 15.2 Å². The van der Waals surface area contributed by atoms with E-state index in [1.54, 1.807) is 35.1 Å². The second kappa shape index (κ2) is 7.96. The maximum absolute atomic E-state index is 12.2. The first-order valence-corrected chi connectivity index (χ1v) is 8.22. The summed E-state index contributed by atoms with van der Waals surface area (Å²) in [4.78, 5) is 12.2. The molecule has 0 atom stereocenters. The monoisotopic (exact) mass is 372 g/mol. The van der Waals surface area contributed by atoms with Crippen molar-refractivity contribution in [2.45, 2.75) is 6.54 Å². The molecule has 2 aromatic carbocycles. The van der Waals surface area contributed by atoms with Gasteiger partial charge in [0, 0.05) is 18.0 Å². The Kier molecular flexibility index (Phi) is 5.48. The minimum absolute atomic E-state index is 0.293. The Hall–Kier alpha value is -2.63. The lowest BCUT2D eigenvalue weighted by atomic mass is 10.1. The van der Waals surface area contributed by atoms with Crippen LogP contribution in [-0.2, 0) is 6.54 Å². The molecule has 0 spiro atoms. The summed E-state index contributed by atoms with van der Waals surface area (Å²) in [5, 5.41) is 9.01. The van der Waals surface area contributed by atoms with Crippen LogP contribution in [0.1, 0.15) is 21.5 Å². The Balaban J connectivity index is 1.64. The number of carbonyl (C=O) groups is 1. The van der Waals surface area contributed by atoms with Gasteiger partial charge >= 0.3 is 0 Å². The fourth-order valence-corrected chi connectivity index (χ4v) is 2.52. The molecular formula is C18H14Cl2N4O. The SMILES string of the molecule is O=C(N/N=C/c1ccc(Cl)c(Cl)c1)c1cccc(Cn2cccn2)c1. The molecule has 0 radical (unpaired) electrons. The molecule has 0 bridgehead atoms. The number of carbonyl (C=O) groups excluding carboxylic acids is 1. The average molecular weight is 373 g/mol. The summed E-state index contributed by atoms with van der Waals surface area (Å²) in [7, 11) is 0. The lowest BCUT2D eigenvalue weighted by Crippen LogP contribution is -2.18. The summed E-state index contributed by atoms with van der Waals surface area (Å²) in [6, 6.07) is 14.3. The second-order valence-corrected chi connectivity index (χ2v) is 6.09. The van der Waals surface area contributed by atoms with E-state index in [0.29, 0.717) is 22.2 Å². The maximum Gasteiger partial charge on any atom is 0.271 e. The summed E-state index contributed by atoms with van der Waals surface area (Å²) < 4.78 is 1.79. The predicted molar refractivity (Wildman–Crippen MR) is 99.3 cm³/mol. The van der Waals surface area contributed by atoms with Crippen LogP contribution in [0, 0.1) is 0 Å². The lowest BCUT2D eigenvalue weighted by Gasteiger charge is -2.05. The minimum atomic E-state index is -0.293. The van der Waals surface area contributed by atoms with Crippen molar-refractivity contribution < 1.29 is 4.79 Å². The average Bonchev–Trinajstić information content (AvgIpc) is 3.11. The smallest absolute Gasteiger partial charge is 0.268 e. The van der Waals surface area contributed by atoms with E-state index in [1.807, 2.05) is 30.5 Å². The third-order valence-corrected chi connectivity index (χ3v) is 4.16. The molecule has 25 heavy (non-hydrogen) atoms. The first-order chi connectivity index (χ1) is 12.1. The number of hydrogen-bond acceptors (Lipinski definition) is 3. The first-order valence-electron chi connectivity index (χ1n) is 7.46. The number of aromatic nitrogens is 2. The molecule has 0 aliphatic rings. The lowest BCUT2D eigenvalue weighted by molar-refractivity contribution is 0.0955. The number of hydrogen-bond donors (Lipinski definition) is 1. The topological polar surface area (TPSA) is 59.3 Å². The van der Waals surface area contributed by atoms with Gasteiger partial charge in [-0.3, -0.25) is 9.48 Å². The Morgan fingerprint density at radius 2 is 2.04 bits per heavy atom. The van der Waals surface area contributed by atoms with Gasteiger partial charge in [0.25, 0.3) is 5.91 Å². The van der Waals surface area contributed by atoms with E-state index in [0.717, 1.165) is 11.1 Å². The summed E-state index contributed by atoms with van der Waals surface area (Å²) in [5.74, 6) is -0.293. The largest absolute Gasteiger partial charge is 0.271 e. The van der Waals surface area contributed by atoms with Crippen LogP contribution in [0.3, 0.4) is 0 Å². The quantitative estimate of drug-likeness (QED) is 0.543. The molecule has 3 aromatic rings. The number of benzene rings is 2. The van der Waals surface area contributed by atoms with Crippen LogP contribution in [0.4, 0.5) is 0 Å². The summed E-state index contributed by atoms with van der Waals surface area (Å²) in [6.45, 7) is 0.598. The van der Waals surface area contributed by atoms with Crippen molar-refractivity contribution in [1.29, 1.82) is 0 Å². The molecule has 0 aliphatic carbocycles. The highest BCUT2D eigenvalue weighted by atomic mass is 35.5. The highest BCUT2D eigenvalue weighted by Gasteiger charge is 2.05. The highest BCUT2D eigenvalue weighted by molar-refractivity contribution is 6.42. The van der Waals surface area contributed by atoms with Crippen LogP contribution in [0.2, 0.25) is 10.0 Å². The third kappa shape index (κ3) is 4.68. The van der Waals surface area contributed by atoms with Gasteiger partial charge in [-0.1, -0.05) is 41.4 Å². The fraction of sp³-hybridized carbons (Fsp3) is 0.0556. The van der Waals surface area contributed by atoms with Gasteiger partial charge in [-0.15, -0.1) is 0 Å². The molecule has 126 valence electrons. The highest BCUT2D eigenvalue weighted by Crippen LogP contribution is 2.21. The molecule has 7 heteroatoms.